The number of ether oxygens (including phenoxy) is 1. The summed E-state index contributed by atoms with van der Waals surface area (Å²) in [6.45, 7) is 8.64. The predicted octanol–water partition coefficient (Wildman–Crippen LogP) is 5.11. The molecule has 3 heterocycles. The minimum atomic E-state index is -0.227. The average molecular weight is 420 g/mol. The topological polar surface area (TPSA) is 57.2 Å². The van der Waals surface area contributed by atoms with Crippen molar-refractivity contribution < 1.29 is 4.74 Å². The number of hydrogen-bond donors (Lipinski definition) is 0. The fourth-order valence-corrected chi connectivity index (χ4v) is 4.10. The Bertz CT molecular complexity index is 1100. The zero-order valence-corrected chi connectivity index (χ0v) is 18.0. The molecule has 0 aliphatic heterocycles. The second-order valence-electron chi connectivity index (χ2n) is 6.98. The van der Waals surface area contributed by atoms with E-state index in [1.165, 1.54) is 5.56 Å². The number of aryl methyl sites for hydroxylation is 1. The monoisotopic (exact) mass is 419 g/mol. The zero-order chi connectivity index (χ0) is 20.9. The van der Waals surface area contributed by atoms with Gasteiger partial charge in [-0.2, -0.15) is 0 Å². The number of aromatic nitrogens is 5. The maximum Gasteiger partial charge on any atom is 0.192 e. The van der Waals surface area contributed by atoms with Gasteiger partial charge in [-0.1, -0.05) is 43.0 Å². The molecule has 30 heavy (non-hydrogen) atoms. The number of pyridine rings is 1. The van der Waals surface area contributed by atoms with Crippen LogP contribution in [0.5, 0.6) is 5.75 Å². The molecule has 0 saturated carbocycles. The highest BCUT2D eigenvalue weighted by Crippen LogP contribution is 2.27. The molecule has 0 radical (unpaired) electrons. The van der Waals surface area contributed by atoms with Gasteiger partial charge < -0.3 is 9.14 Å². The summed E-state index contributed by atoms with van der Waals surface area (Å²) in [6.07, 6.45) is 6.68. The lowest BCUT2D eigenvalue weighted by Crippen LogP contribution is -2.12. The van der Waals surface area contributed by atoms with Gasteiger partial charge in [0.1, 0.15) is 11.4 Å². The van der Waals surface area contributed by atoms with Crippen molar-refractivity contribution in [2.24, 2.45) is 0 Å². The summed E-state index contributed by atoms with van der Waals surface area (Å²) in [6, 6.07) is 14.2. The summed E-state index contributed by atoms with van der Waals surface area (Å²) in [5.74, 6) is 2.32. The van der Waals surface area contributed by atoms with E-state index in [4.69, 9.17) is 4.74 Å². The molecule has 0 amide bonds. The molecular formula is C23H25N5OS. The maximum absolute atomic E-state index is 6.12. The van der Waals surface area contributed by atoms with Crippen molar-refractivity contribution in [1.82, 2.24) is 24.1 Å². The first kappa shape index (κ1) is 20.2. The van der Waals surface area contributed by atoms with E-state index in [-0.39, 0.29) is 6.10 Å². The second-order valence-corrected chi connectivity index (χ2v) is 7.93. The van der Waals surface area contributed by atoms with Crippen LogP contribution in [0.4, 0.5) is 0 Å². The molecular weight excluding hydrogens is 394 g/mol. The average Bonchev–Trinajstić information content (AvgIpc) is 3.36. The summed E-state index contributed by atoms with van der Waals surface area (Å²) in [5.41, 5.74) is 3.23. The Morgan fingerprint density at radius 2 is 2.00 bits per heavy atom. The Balaban J connectivity index is 1.49. The van der Waals surface area contributed by atoms with Crippen LogP contribution in [0.2, 0.25) is 0 Å². The van der Waals surface area contributed by atoms with Crippen molar-refractivity contribution >= 4 is 17.4 Å². The number of thioether (sulfide) groups is 1. The van der Waals surface area contributed by atoms with Gasteiger partial charge in [-0.05, 0) is 43.2 Å². The third-order valence-corrected chi connectivity index (χ3v) is 5.83. The summed E-state index contributed by atoms with van der Waals surface area (Å²) in [7, 11) is 0. The van der Waals surface area contributed by atoms with Crippen molar-refractivity contribution in [1.29, 1.82) is 0 Å². The van der Waals surface area contributed by atoms with Crippen LogP contribution >= 0.6 is 11.8 Å². The highest BCUT2D eigenvalue weighted by atomic mass is 32.2. The number of rotatable bonds is 9. The van der Waals surface area contributed by atoms with E-state index in [0.29, 0.717) is 12.3 Å². The van der Waals surface area contributed by atoms with E-state index in [1.54, 1.807) is 11.8 Å². The van der Waals surface area contributed by atoms with Crippen LogP contribution < -0.4 is 4.74 Å². The Kier molecular flexibility index (Phi) is 6.18. The molecule has 1 aromatic carbocycles. The van der Waals surface area contributed by atoms with Gasteiger partial charge in [0.2, 0.25) is 0 Å². The van der Waals surface area contributed by atoms with E-state index >= 15 is 0 Å². The van der Waals surface area contributed by atoms with E-state index < -0.39 is 0 Å². The summed E-state index contributed by atoms with van der Waals surface area (Å²) in [5, 5.41) is 9.65. The van der Waals surface area contributed by atoms with Crippen LogP contribution in [-0.4, -0.2) is 24.1 Å². The molecule has 1 unspecified atom stereocenters. The van der Waals surface area contributed by atoms with Crippen LogP contribution in [0.3, 0.4) is 0 Å². The van der Waals surface area contributed by atoms with Gasteiger partial charge in [0.05, 0.1) is 5.69 Å². The van der Waals surface area contributed by atoms with Gasteiger partial charge >= 0.3 is 0 Å². The van der Waals surface area contributed by atoms with Gasteiger partial charge in [-0.3, -0.25) is 4.57 Å². The smallest absolute Gasteiger partial charge is 0.192 e. The molecule has 0 N–H and O–H groups in total. The molecule has 7 heteroatoms. The van der Waals surface area contributed by atoms with Crippen molar-refractivity contribution in [2.45, 2.75) is 43.8 Å². The van der Waals surface area contributed by atoms with Crippen molar-refractivity contribution in [2.75, 3.05) is 0 Å². The van der Waals surface area contributed by atoms with E-state index in [9.17, 15) is 0 Å². The molecule has 154 valence electrons. The number of hydrogen-bond acceptors (Lipinski definition) is 5. The molecule has 0 spiro atoms. The zero-order valence-electron chi connectivity index (χ0n) is 17.2. The summed E-state index contributed by atoms with van der Waals surface area (Å²) >= 11 is 1.61. The predicted molar refractivity (Wildman–Crippen MR) is 120 cm³/mol. The van der Waals surface area contributed by atoms with Crippen LogP contribution in [0, 0.1) is 0 Å². The number of allylic oxidation sites excluding steroid dienone is 1. The van der Waals surface area contributed by atoms with Crippen LogP contribution in [0.1, 0.15) is 37.0 Å². The van der Waals surface area contributed by atoms with Crippen molar-refractivity contribution in [3.8, 4) is 5.75 Å². The Morgan fingerprint density at radius 1 is 1.17 bits per heavy atom. The van der Waals surface area contributed by atoms with Gasteiger partial charge in [0.25, 0.3) is 0 Å². The van der Waals surface area contributed by atoms with E-state index in [0.717, 1.165) is 34.5 Å². The van der Waals surface area contributed by atoms with Gasteiger partial charge in [0.15, 0.2) is 17.1 Å². The number of benzene rings is 1. The molecule has 0 aliphatic carbocycles. The van der Waals surface area contributed by atoms with Crippen molar-refractivity contribution in [3.63, 3.8) is 0 Å². The number of nitrogens with zero attached hydrogens (tertiary/aromatic N) is 5. The molecule has 4 aromatic rings. The molecule has 6 nitrogen and oxygen atoms in total. The third-order valence-electron chi connectivity index (χ3n) is 4.83. The number of imidazole rings is 1. The normalized spacial score (nSPS) is 12.2. The largest absolute Gasteiger partial charge is 0.483 e. The van der Waals surface area contributed by atoms with Gasteiger partial charge in [0, 0.05) is 24.7 Å². The fraction of sp³-hybridized carbons (Fsp3) is 0.261. The maximum atomic E-state index is 6.12. The molecule has 0 aliphatic rings. The Hall–Kier alpha value is -3.06. The highest BCUT2D eigenvalue weighted by Gasteiger charge is 2.19. The lowest BCUT2D eigenvalue weighted by molar-refractivity contribution is 0.210. The molecule has 3 aromatic heterocycles. The van der Waals surface area contributed by atoms with Crippen molar-refractivity contribution in [3.05, 3.63) is 84.6 Å². The van der Waals surface area contributed by atoms with E-state index in [2.05, 4.69) is 45.4 Å². The standard InChI is InChI=1S/C23H25N5OS/c1-4-13-28-22(17(3)29-20-11-9-18(5-2)10-12-20)25-26-23(28)30-16-19-15-27-14-7-6-8-21(27)24-19/h4,6-12,14-15,17H,1,5,13,16H2,2-3H3. The first-order chi connectivity index (χ1) is 14.7. The highest BCUT2D eigenvalue weighted by molar-refractivity contribution is 7.98. The Labute approximate surface area is 180 Å². The summed E-state index contributed by atoms with van der Waals surface area (Å²) < 4.78 is 10.2. The molecule has 4 rings (SSSR count). The molecule has 0 saturated heterocycles. The molecule has 1 atom stereocenters. The van der Waals surface area contributed by atoms with Gasteiger partial charge in [-0.15, -0.1) is 16.8 Å². The first-order valence-electron chi connectivity index (χ1n) is 10.0. The molecule has 0 fully saturated rings. The van der Waals surface area contributed by atoms with Crippen LogP contribution in [0.25, 0.3) is 5.65 Å². The molecule has 0 bridgehead atoms. The fourth-order valence-electron chi connectivity index (χ4n) is 3.26. The first-order valence-corrected chi connectivity index (χ1v) is 11.0. The second kappa shape index (κ2) is 9.17. The summed E-state index contributed by atoms with van der Waals surface area (Å²) in [4.78, 5) is 4.66. The van der Waals surface area contributed by atoms with Crippen LogP contribution in [-0.2, 0) is 18.7 Å². The lowest BCUT2D eigenvalue weighted by Gasteiger charge is -2.16. The quantitative estimate of drug-likeness (QED) is 0.279. The van der Waals surface area contributed by atoms with Gasteiger partial charge in [-0.25, -0.2) is 4.98 Å². The lowest BCUT2D eigenvalue weighted by atomic mass is 10.2. The minimum Gasteiger partial charge on any atom is -0.483 e. The van der Waals surface area contributed by atoms with Crippen LogP contribution in [0.15, 0.2) is 72.7 Å². The SMILES string of the molecule is C=CCn1c(SCc2cn3ccccc3n2)nnc1C(C)Oc1ccc(CC)cc1. The van der Waals surface area contributed by atoms with E-state index in [1.807, 2.05) is 60.1 Å². The Morgan fingerprint density at radius 3 is 2.73 bits per heavy atom. The number of fused-ring (bicyclic) bond motifs is 1. The third kappa shape index (κ3) is 4.41. The minimum absolute atomic E-state index is 0.227.